The summed E-state index contributed by atoms with van der Waals surface area (Å²) >= 11 is 0. The maximum absolute atomic E-state index is 12.3. The Morgan fingerprint density at radius 2 is 1.96 bits per heavy atom. The molecule has 2 rings (SSSR count). The van der Waals surface area contributed by atoms with E-state index in [2.05, 4.69) is 15.4 Å². The van der Waals surface area contributed by atoms with Crippen molar-refractivity contribution in [2.45, 2.75) is 19.3 Å². The topological polar surface area (TPSA) is 92.2 Å². The van der Waals surface area contributed by atoms with Crippen molar-refractivity contribution >= 4 is 23.5 Å². The summed E-state index contributed by atoms with van der Waals surface area (Å²) in [7, 11) is 1.64. The molecule has 1 aromatic carbocycles. The first-order chi connectivity index (χ1) is 12.6. The molecule has 2 atom stereocenters. The van der Waals surface area contributed by atoms with Crippen LogP contribution in [0.2, 0.25) is 0 Å². The van der Waals surface area contributed by atoms with E-state index < -0.39 is 30.1 Å². The third-order valence-corrected chi connectivity index (χ3v) is 4.04. The smallest absolute Gasteiger partial charge is 0.406 e. The number of anilines is 1. The lowest BCUT2D eigenvalue weighted by atomic mass is 10.2. The summed E-state index contributed by atoms with van der Waals surface area (Å²) in [6.07, 6.45) is -4.79. The average molecular weight is 389 g/mol. The number of alkyl halides is 3. The summed E-state index contributed by atoms with van der Waals surface area (Å²) in [6, 6.07) is 3.64. The van der Waals surface area contributed by atoms with E-state index in [0.29, 0.717) is 17.1 Å². The highest BCUT2D eigenvalue weighted by Crippen LogP contribution is 2.23. The van der Waals surface area contributed by atoms with Crippen LogP contribution in [0.5, 0.6) is 5.75 Å². The number of quaternary nitrogens is 1. The third kappa shape index (κ3) is 5.84. The monoisotopic (exact) mass is 389 g/mol. The molecule has 0 radical (unpaired) electrons. The van der Waals surface area contributed by atoms with Crippen molar-refractivity contribution in [2.75, 3.05) is 32.0 Å². The van der Waals surface area contributed by atoms with Crippen LogP contribution in [0.3, 0.4) is 0 Å². The Kier molecular flexibility index (Phi) is 6.26. The number of hydrogen-bond donors (Lipinski definition) is 3. The van der Waals surface area contributed by atoms with Crippen molar-refractivity contribution in [3.63, 3.8) is 0 Å². The Labute approximate surface area is 153 Å². The standard InChI is InChI=1S/C16H19F3N4O4/c1-10(14(25)23-8-7-20-15(23)26)22(2)9-13(24)21-11-3-5-12(6-4-11)27-16(17,18)19/h3-6,10H,7-9H2,1-2H3,(H,20,26)(H,21,24)/p+1/t10-/m0/s1. The zero-order valence-corrected chi connectivity index (χ0v) is 14.7. The van der Waals surface area contributed by atoms with Crippen molar-refractivity contribution in [2.24, 2.45) is 0 Å². The number of halogens is 3. The molecule has 1 aliphatic heterocycles. The lowest BCUT2D eigenvalue weighted by molar-refractivity contribution is -0.886. The van der Waals surface area contributed by atoms with Crippen LogP contribution in [0.1, 0.15) is 6.92 Å². The number of rotatable bonds is 6. The third-order valence-electron chi connectivity index (χ3n) is 4.04. The number of amides is 4. The quantitative estimate of drug-likeness (QED) is 0.638. The largest absolute Gasteiger partial charge is 0.573 e. The maximum Gasteiger partial charge on any atom is 0.573 e. The van der Waals surface area contributed by atoms with Crippen molar-refractivity contribution < 1.29 is 37.2 Å². The molecule has 0 spiro atoms. The average Bonchev–Trinajstić information content (AvgIpc) is 2.99. The minimum Gasteiger partial charge on any atom is -0.406 e. The number of benzene rings is 1. The van der Waals surface area contributed by atoms with Crippen LogP contribution in [0.15, 0.2) is 24.3 Å². The molecule has 0 aromatic heterocycles. The van der Waals surface area contributed by atoms with Crippen LogP contribution in [-0.2, 0) is 9.59 Å². The molecule has 1 aromatic rings. The van der Waals surface area contributed by atoms with E-state index in [9.17, 15) is 27.6 Å². The molecule has 1 unspecified atom stereocenters. The fourth-order valence-corrected chi connectivity index (χ4v) is 2.48. The molecule has 0 aliphatic carbocycles. The highest BCUT2D eigenvalue weighted by atomic mass is 19.4. The summed E-state index contributed by atoms with van der Waals surface area (Å²) in [6.45, 7) is 2.22. The number of carbonyl (C=O) groups excluding carboxylic acids is 3. The predicted molar refractivity (Wildman–Crippen MR) is 88.1 cm³/mol. The summed E-state index contributed by atoms with van der Waals surface area (Å²) in [5.74, 6) is -1.21. The normalized spacial score (nSPS) is 16.5. The number of imide groups is 1. The van der Waals surface area contributed by atoms with E-state index in [4.69, 9.17) is 0 Å². The second kappa shape index (κ2) is 8.25. The Hall–Kier alpha value is -2.82. The van der Waals surface area contributed by atoms with Crippen LogP contribution < -0.4 is 20.3 Å². The number of nitrogens with one attached hydrogen (secondary N) is 3. The fourth-order valence-electron chi connectivity index (χ4n) is 2.48. The van der Waals surface area contributed by atoms with Crippen LogP contribution in [0, 0.1) is 0 Å². The number of hydrogen-bond acceptors (Lipinski definition) is 4. The van der Waals surface area contributed by atoms with Gasteiger partial charge < -0.3 is 20.3 Å². The van der Waals surface area contributed by atoms with E-state index >= 15 is 0 Å². The van der Waals surface area contributed by atoms with Gasteiger partial charge >= 0.3 is 12.4 Å². The minimum atomic E-state index is -4.79. The molecule has 8 nitrogen and oxygen atoms in total. The zero-order valence-electron chi connectivity index (χ0n) is 14.7. The van der Waals surface area contributed by atoms with Crippen LogP contribution >= 0.6 is 0 Å². The molecule has 148 valence electrons. The van der Waals surface area contributed by atoms with E-state index in [1.54, 1.807) is 14.0 Å². The van der Waals surface area contributed by atoms with Crippen LogP contribution in [-0.4, -0.2) is 61.8 Å². The fraction of sp³-hybridized carbons (Fsp3) is 0.438. The van der Waals surface area contributed by atoms with E-state index in [0.717, 1.165) is 17.0 Å². The molecule has 1 fully saturated rings. The number of ether oxygens (including phenoxy) is 1. The molecule has 4 amide bonds. The van der Waals surface area contributed by atoms with Gasteiger partial charge in [0.1, 0.15) is 5.75 Å². The second-order valence-electron chi connectivity index (χ2n) is 6.09. The summed E-state index contributed by atoms with van der Waals surface area (Å²) in [4.78, 5) is 37.6. The van der Waals surface area contributed by atoms with Gasteiger partial charge in [0, 0.05) is 18.8 Å². The highest BCUT2D eigenvalue weighted by molar-refractivity contribution is 5.97. The first-order valence-corrected chi connectivity index (χ1v) is 8.14. The van der Waals surface area contributed by atoms with Crippen LogP contribution in [0.4, 0.5) is 23.7 Å². The molecule has 27 heavy (non-hydrogen) atoms. The second-order valence-corrected chi connectivity index (χ2v) is 6.09. The number of carbonyl (C=O) groups is 3. The number of urea groups is 1. The molecular weight excluding hydrogens is 369 g/mol. The first kappa shape index (κ1) is 20.5. The van der Waals surface area contributed by atoms with Gasteiger partial charge in [-0.2, -0.15) is 0 Å². The van der Waals surface area contributed by atoms with E-state index in [-0.39, 0.29) is 19.0 Å². The summed E-state index contributed by atoms with van der Waals surface area (Å²) in [5.41, 5.74) is 0.292. The van der Waals surface area contributed by atoms with Crippen molar-refractivity contribution in [1.29, 1.82) is 0 Å². The molecule has 1 aliphatic rings. The number of likely N-dealkylation sites (N-methyl/N-ethyl adjacent to an activating group) is 1. The van der Waals surface area contributed by atoms with Crippen molar-refractivity contribution in [3.05, 3.63) is 24.3 Å². The molecule has 0 bridgehead atoms. The van der Waals surface area contributed by atoms with E-state index in [1.165, 1.54) is 12.1 Å². The van der Waals surface area contributed by atoms with Crippen LogP contribution in [0.25, 0.3) is 0 Å². The predicted octanol–water partition coefficient (Wildman–Crippen LogP) is -0.0213. The lowest BCUT2D eigenvalue weighted by Gasteiger charge is -2.23. The van der Waals surface area contributed by atoms with Gasteiger partial charge in [0.25, 0.3) is 11.8 Å². The van der Waals surface area contributed by atoms with Crippen molar-refractivity contribution in [3.8, 4) is 5.75 Å². The molecule has 1 heterocycles. The first-order valence-electron chi connectivity index (χ1n) is 8.14. The Balaban J connectivity index is 1.87. The summed E-state index contributed by atoms with van der Waals surface area (Å²) < 4.78 is 40.1. The molecule has 3 N–H and O–H groups in total. The Bertz CT molecular complexity index is 709. The zero-order chi connectivity index (χ0) is 20.2. The maximum atomic E-state index is 12.3. The van der Waals surface area contributed by atoms with Gasteiger partial charge in [-0.05, 0) is 31.2 Å². The highest BCUT2D eigenvalue weighted by Gasteiger charge is 2.34. The molecule has 11 heteroatoms. The Morgan fingerprint density at radius 3 is 2.48 bits per heavy atom. The van der Waals surface area contributed by atoms with Gasteiger partial charge in [-0.15, -0.1) is 13.2 Å². The van der Waals surface area contributed by atoms with Gasteiger partial charge in [0.2, 0.25) is 0 Å². The van der Waals surface area contributed by atoms with E-state index in [1.807, 2.05) is 0 Å². The summed E-state index contributed by atoms with van der Waals surface area (Å²) in [5, 5.41) is 5.07. The minimum absolute atomic E-state index is 0.0663. The van der Waals surface area contributed by atoms with Crippen molar-refractivity contribution in [1.82, 2.24) is 10.2 Å². The van der Waals surface area contributed by atoms with Gasteiger partial charge in [-0.1, -0.05) is 0 Å². The molecule has 0 saturated carbocycles. The Morgan fingerprint density at radius 1 is 1.33 bits per heavy atom. The lowest BCUT2D eigenvalue weighted by Crippen LogP contribution is -3.15. The molecule has 1 saturated heterocycles. The van der Waals surface area contributed by atoms with Gasteiger partial charge in [0.05, 0.1) is 7.05 Å². The van der Waals surface area contributed by atoms with Gasteiger partial charge in [-0.25, -0.2) is 4.79 Å². The number of nitrogens with zero attached hydrogens (tertiary/aromatic N) is 1. The van der Waals surface area contributed by atoms with Gasteiger partial charge in [0.15, 0.2) is 12.6 Å². The SMILES string of the molecule is C[C@@H](C(=O)N1CCNC1=O)[NH+](C)CC(=O)Nc1ccc(OC(F)(F)F)cc1. The van der Waals surface area contributed by atoms with Gasteiger partial charge in [-0.3, -0.25) is 14.5 Å². The molecular formula is C16H20F3N4O4+.